The molecule has 1 aliphatic rings. The van der Waals surface area contributed by atoms with Crippen molar-refractivity contribution in [3.05, 3.63) is 17.0 Å². The van der Waals surface area contributed by atoms with E-state index in [0.29, 0.717) is 6.04 Å². The fourth-order valence-electron chi connectivity index (χ4n) is 2.17. The molecule has 0 saturated carbocycles. The molecule has 0 atom stereocenters. The molecular formula is C12H20N2Se2. The molecule has 0 aromatic carbocycles. The number of aromatic nitrogens is 2. The second-order valence-electron chi connectivity index (χ2n) is 4.55. The zero-order valence-corrected chi connectivity index (χ0v) is 13.9. The van der Waals surface area contributed by atoms with Crippen LogP contribution in [-0.2, 0) is 0 Å². The molecule has 1 fully saturated rings. The Hall–Kier alpha value is 0.249. The first-order valence-corrected chi connectivity index (χ1v) is 10.3. The van der Waals surface area contributed by atoms with E-state index in [1.54, 1.807) is 5.56 Å². The molecule has 0 amide bonds. The predicted molar refractivity (Wildman–Crippen MR) is 70.6 cm³/mol. The molecule has 1 aromatic rings. The van der Waals surface area contributed by atoms with Crippen LogP contribution in [0.1, 0.15) is 47.0 Å². The van der Waals surface area contributed by atoms with E-state index in [4.69, 9.17) is 5.10 Å². The molecule has 90 valence electrons. The van der Waals surface area contributed by atoms with Gasteiger partial charge in [-0.1, -0.05) is 0 Å². The summed E-state index contributed by atoms with van der Waals surface area (Å²) >= 11 is 1.66. The van der Waals surface area contributed by atoms with E-state index in [2.05, 4.69) is 32.4 Å². The van der Waals surface area contributed by atoms with Crippen molar-refractivity contribution < 1.29 is 0 Å². The first-order chi connectivity index (χ1) is 7.61. The average Bonchev–Trinajstić information content (AvgIpc) is 2.56. The van der Waals surface area contributed by atoms with Crippen LogP contribution >= 0.6 is 0 Å². The summed E-state index contributed by atoms with van der Waals surface area (Å²) in [4.78, 5) is 0. The SMILES string of the molecule is Cc1nn(C(C)C)c(C)c1C1[Se]CCC[Se]1. The molecule has 0 spiro atoms. The molecular weight excluding hydrogens is 330 g/mol. The summed E-state index contributed by atoms with van der Waals surface area (Å²) in [7, 11) is 0. The Morgan fingerprint density at radius 3 is 2.38 bits per heavy atom. The topological polar surface area (TPSA) is 17.8 Å². The zero-order chi connectivity index (χ0) is 11.7. The van der Waals surface area contributed by atoms with Crippen LogP contribution in [0.15, 0.2) is 0 Å². The van der Waals surface area contributed by atoms with Crippen LogP contribution in [0.25, 0.3) is 0 Å². The maximum atomic E-state index is 4.72. The van der Waals surface area contributed by atoms with Gasteiger partial charge in [0.25, 0.3) is 0 Å². The molecule has 2 heterocycles. The van der Waals surface area contributed by atoms with Crippen molar-refractivity contribution in [1.82, 2.24) is 9.78 Å². The normalized spacial score (nSPS) is 18.3. The van der Waals surface area contributed by atoms with Gasteiger partial charge in [0.05, 0.1) is 0 Å². The number of hydrogen-bond acceptors (Lipinski definition) is 1. The summed E-state index contributed by atoms with van der Waals surface area (Å²) in [6.07, 6.45) is 1.48. The summed E-state index contributed by atoms with van der Waals surface area (Å²) in [5.74, 6) is 0. The van der Waals surface area contributed by atoms with Crippen LogP contribution in [0, 0.1) is 13.8 Å². The van der Waals surface area contributed by atoms with Gasteiger partial charge in [0.1, 0.15) is 0 Å². The number of aryl methyl sites for hydroxylation is 1. The Bertz CT molecular complexity index is 365. The number of rotatable bonds is 2. The summed E-state index contributed by atoms with van der Waals surface area (Å²) in [6.45, 7) is 8.90. The molecule has 0 unspecified atom stereocenters. The van der Waals surface area contributed by atoms with E-state index < -0.39 is 0 Å². The van der Waals surface area contributed by atoms with Crippen LogP contribution in [0.5, 0.6) is 0 Å². The van der Waals surface area contributed by atoms with Crippen molar-refractivity contribution in [3.63, 3.8) is 0 Å². The van der Waals surface area contributed by atoms with Gasteiger partial charge in [0.15, 0.2) is 0 Å². The quantitative estimate of drug-likeness (QED) is 0.750. The van der Waals surface area contributed by atoms with Crippen LogP contribution in [0.2, 0.25) is 10.6 Å². The Morgan fingerprint density at radius 1 is 1.25 bits per heavy atom. The van der Waals surface area contributed by atoms with E-state index in [1.807, 2.05) is 0 Å². The Morgan fingerprint density at radius 2 is 1.88 bits per heavy atom. The van der Waals surface area contributed by atoms with Gasteiger partial charge in [0.2, 0.25) is 0 Å². The zero-order valence-electron chi connectivity index (χ0n) is 10.5. The molecule has 2 nitrogen and oxygen atoms in total. The molecule has 0 aliphatic carbocycles. The van der Waals surface area contributed by atoms with Gasteiger partial charge in [-0.05, 0) is 0 Å². The predicted octanol–water partition coefficient (Wildman–Crippen LogP) is 2.73. The minimum atomic E-state index is 0.496. The van der Waals surface area contributed by atoms with Crippen molar-refractivity contribution in [2.75, 3.05) is 0 Å². The fourth-order valence-corrected chi connectivity index (χ4v) is 10.8. The van der Waals surface area contributed by atoms with E-state index >= 15 is 0 Å². The monoisotopic (exact) mass is 352 g/mol. The van der Waals surface area contributed by atoms with Crippen molar-refractivity contribution >= 4 is 29.9 Å². The molecule has 16 heavy (non-hydrogen) atoms. The van der Waals surface area contributed by atoms with Crippen molar-refractivity contribution in [3.8, 4) is 0 Å². The second-order valence-corrected chi connectivity index (χ2v) is 11.2. The molecule has 1 saturated heterocycles. The van der Waals surface area contributed by atoms with Gasteiger partial charge in [0, 0.05) is 0 Å². The summed E-state index contributed by atoms with van der Waals surface area (Å²) < 4.78 is 3.12. The first-order valence-electron chi connectivity index (χ1n) is 5.90. The van der Waals surface area contributed by atoms with E-state index in [1.165, 1.54) is 28.4 Å². The third-order valence-corrected chi connectivity index (χ3v) is 10.4. The number of hydrogen-bond donors (Lipinski definition) is 0. The van der Waals surface area contributed by atoms with Gasteiger partial charge >= 0.3 is 111 Å². The van der Waals surface area contributed by atoms with Crippen LogP contribution in [-0.4, -0.2) is 39.7 Å². The summed E-state index contributed by atoms with van der Waals surface area (Å²) in [5, 5.41) is 7.68. The van der Waals surface area contributed by atoms with Crippen LogP contribution in [0.4, 0.5) is 0 Å². The Kier molecular flexibility index (Phi) is 4.18. The average molecular weight is 350 g/mol. The van der Waals surface area contributed by atoms with Crippen LogP contribution < -0.4 is 0 Å². The Labute approximate surface area is 111 Å². The van der Waals surface area contributed by atoms with E-state index in [9.17, 15) is 0 Å². The molecule has 1 aromatic heterocycles. The number of nitrogens with zero attached hydrogens (tertiary/aromatic N) is 2. The summed E-state index contributed by atoms with van der Waals surface area (Å²) in [5.41, 5.74) is 4.33. The van der Waals surface area contributed by atoms with Gasteiger partial charge < -0.3 is 0 Å². The molecule has 2 rings (SSSR count). The maximum absolute atomic E-state index is 4.72. The van der Waals surface area contributed by atoms with Crippen molar-refractivity contribution in [2.45, 2.75) is 54.5 Å². The van der Waals surface area contributed by atoms with Gasteiger partial charge in [-0.3, -0.25) is 0 Å². The third-order valence-electron chi connectivity index (χ3n) is 2.93. The van der Waals surface area contributed by atoms with Gasteiger partial charge in [-0.15, -0.1) is 0 Å². The molecule has 1 aliphatic heterocycles. The fraction of sp³-hybridized carbons (Fsp3) is 0.750. The van der Waals surface area contributed by atoms with Gasteiger partial charge in [-0.25, -0.2) is 0 Å². The first kappa shape index (κ1) is 12.7. The van der Waals surface area contributed by atoms with Crippen molar-refractivity contribution in [1.29, 1.82) is 0 Å². The van der Waals surface area contributed by atoms with Crippen molar-refractivity contribution in [2.24, 2.45) is 0 Å². The van der Waals surface area contributed by atoms with E-state index in [0.717, 1.165) is 33.6 Å². The Balaban J connectivity index is 2.32. The van der Waals surface area contributed by atoms with Crippen LogP contribution in [0.3, 0.4) is 0 Å². The van der Waals surface area contributed by atoms with E-state index in [-0.39, 0.29) is 0 Å². The molecule has 0 bridgehead atoms. The minimum absolute atomic E-state index is 0.496. The summed E-state index contributed by atoms with van der Waals surface area (Å²) in [6, 6.07) is 0.496. The second kappa shape index (κ2) is 5.27. The molecule has 0 radical (unpaired) electrons. The molecule has 4 heteroatoms. The molecule has 0 N–H and O–H groups in total. The third kappa shape index (κ3) is 2.41. The van der Waals surface area contributed by atoms with Gasteiger partial charge in [-0.2, -0.15) is 0 Å². The standard InChI is InChI=1S/C12H20N2Se2/c1-8(2)14-10(4)11(9(3)13-14)12-15-6-5-7-16-12/h8,12H,5-7H2,1-4H3.